The van der Waals surface area contributed by atoms with Crippen molar-refractivity contribution in [3.05, 3.63) is 87.2 Å². The van der Waals surface area contributed by atoms with Crippen LogP contribution in [0.5, 0.6) is 5.75 Å². The Bertz CT molecular complexity index is 1290. The van der Waals surface area contributed by atoms with Gasteiger partial charge in [-0.05, 0) is 68.0 Å². The van der Waals surface area contributed by atoms with E-state index < -0.39 is 21.1 Å². The van der Waals surface area contributed by atoms with E-state index in [2.05, 4.69) is 4.98 Å². The van der Waals surface area contributed by atoms with Crippen LogP contribution in [0.1, 0.15) is 31.2 Å². The lowest BCUT2D eigenvalue weighted by molar-refractivity contribution is 0.209. The molecular formula is C23H24N2O5S. The lowest BCUT2D eigenvalue weighted by Gasteiger charge is -2.14. The van der Waals surface area contributed by atoms with Gasteiger partial charge in [0.15, 0.2) is 9.84 Å². The van der Waals surface area contributed by atoms with Gasteiger partial charge in [0.2, 0.25) is 0 Å². The van der Waals surface area contributed by atoms with Crippen molar-refractivity contribution < 1.29 is 13.2 Å². The fourth-order valence-electron chi connectivity index (χ4n) is 3.79. The fourth-order valence-corrected chi connectivity index (χ4v) is 5.11. The maximum absolute atomic E-state index is 12.9. The van der Waals surface area contributed by atoms with Crippen molar-refractivity contribution in [2.45, 2.75) is 43.1 Å². The molecule has 1 aliphatic rings. The number of H-pyrrole nitrogens is 1. The fraction of sp³-hybridized carbons (Fsp3) is 0.304. The Labute approximate surface area is 180 Å². The number of hydrogen-bond donors (Lipinski definition) is 1. The van der Waals surface area contributed by atoms with Gasteiger partial charge >= 0.3 is 5.69 Å². The SMILES string of the molecule is O=c1ccn(-c2cccc(CCS(=O)(=O)c3cccc(OC4CCCC4)c3)c2)c(=O)[nH]1. The van der Waals surface area contributed by atoms with Gasteiger partial charge in [-0.2, -0.15) is 0 Å². The minimum atomic E-state index is -3.50. The van der Waals surface area contributed by atoms with E-state index in [0.717, 1.165) is 31.2 Å². The van der Waals surface area contributed by atoms with Crippen LogP contribution in [0.15, 0.2) is 75.3 Å². The minimum Gasteiger partial charge on any atom is -0.490 e. The molecule has 0 amide bonds. The number of rotatable bonds is 7. The molecule has 1 heterocycles. The predicted octanol–water partition coefficient (Wildman–Crippen LogP) is 2.86. The Morgan fingerprint density at radius 2 is 1.77 bits per heavy atom. The third-order valence-corrected chi connectivity index (χ3v) is 7.16. The van der Waals surface area contributed by atoms with Crippen molar-refractivity contribution in [2.24, 2.45) is 0 Å². The van der Waals surface area contributed by atoms with Crippen molar-refractivity contribution in [3.63, 3.8) is 0 Å². The molecule has 0 saturated heterocycles. The van der Waals surface area contributed by atoms with E-state index in [1.807, 2.05) is 6.07 Å². The molecule has 1 N–H and O–H groups in total. The smallest absolute Gasteiger partial charge is 0.332 e. The summed E-state index contributed by atoms with van der Waals surface area (Å²) in [5.41, 5.74) is 0.319. The van der Waals surface area contributed by atoms with Crippen LogP contribution in [0.2, 0.25) is 0 Å². The van der Waals surface area contributed by atoms with Crippen LogP contribution in [0, 0.1) is 0 Å². The van der Waals surface area contributed by atoms with Gasteiger partial charge in [-0.1, -0.05) is 18.2 Å². The number of aromatic nitrogens is 2. The number of sulfone groups is 1. The normalized spacial score (nSPS) is 14.6. The molecule has 4 rings (SSSR count). The van der Waals surface area contributed by atoms with Gasteiger partial charge in [0, 0.05) is 12.3 Å². The van der Waals surface area contributed by atoms with E-state index in [-0.39, 0.29) is 16.8 Å². The predicted molar refractivity (Wildman–Crippen MR) is 118 cm³/mol. The zero-order valence-corrected chi connectivity index (χ0v) is 17.8. The highest BCUT2D eigenvalue weighted by molar-refractivity contribution is 7.91. The standard InChI is InChI=1S/C23H24N2O5S/c26-22-11-13-25(23(27)24-22)18-6-3-5-17(15-18)12-14-31(28,29)21-10-4-9-20(16-21)30-19-7-1-2-8-19/h3-6,9-11,13,15-16,19H,1-2,7-8,12,14H2,(H,24,26,27). The third-order valence-electron chi connectivity index (χ3n) is 5.44. The minimum absolute atomic E-state index is 0.0656. The number of aromatic amines is 1. The lowest BCUT2D eigenvalue weighted by Crippen LogP contribution is -2.27. The summed E-state index contributed by atoms with van der Waals surface area (Å²) in [6, 6.07) is 15.0. The number of nitrogens with zero attached hydrogens (tertiary/aromatic N) is 1. The summed E-state index contributed by atoms with van der Waals surface area (Å²) in [5.74, 6) is 0.525. The Morgan fingerprint density at radius 1 is 1.00 bits per heavy atom. The van der Waals surface area contributed by atoms with Crippen LogP contribution in [0.4, 0.5) is 0 Å². The first kappa shape index (κ1) is 21.1. The van der Waals surface area contributed by atoms with Crippen LogP contribution < -0.4 is 16.0 Å². The number of ether oxygens (including phenoxy) is 1. The highest BCUT2D eigenvalue weighted by Gasteiger charge is 2.19. The topological polar surface area (TPSA) is 98.2 Å². The van der Waals surface area contributed by atoms with E-state index in [0.29, 0.717) is 17.9 Å². The Kier molecular flexibility index (Phi) is 6.08. The van der Waals surface area contributed by atoms with Crippen LogP contribution in [-0.2, 0) is 16.3 Å². The number of aryl methyl sites for hydroxylation is 1. The molecule has 8 heteroatoms. The average molecular weight is 441 g/mol. The van der Waals surface area contributed by atoms with Crippen LogP contribution in [0.3, 0.4) is 0 Å². The molecule has 1 fully saturated rings. The van der Waals surface area contributed by atoms with Gasteiger partial charge in [0.25, 0.3) is 5.56 Å². The molecule has 31 heavy (non-hydrogen) atoms. The zero-order valence-electron chi connectivity index (χ0n) is 17.0. The molecule has 0 bridgehead atoms. The Morgan fingerprint density at radius 3 is 2.55 bits per heavy atom. The lowest BCUT2D eigenvalue weighted by atomic mass is 10.1. The van der Waals surface area contributed by atoms with Crippen LogP contribution in [0.25, 0.3) is 5.69 Å². The first-order chi connectivity index (χ1) is 14.9. The highest BCUT2D eigenvalue weighted by atomic mass is 32.2. The second-order valence-electron chi connectivity index (χ2n) is 7.72. The largest absolute Gasteiger partial charge is 0.490 e. The molecule has 0 spiro atoms. The van der Waals surface area contributed by atoms with Crippen molar-refractivity contribution in [1.29, 1.82) is 0 Å². The van der Waals surface area contributed by atoms with Gasteiger partial charge in [0.05, 0.1) is 22.4 Å². The molecule has 162 valence electrons. The Hall–Kier alpha value is -3.13. The van der Waals surface area contributed by atoms with Gasteiger partial charge in [-0.3, -0.25) is 14.3 Å². The second kappa shape index (κ2) is 8.93. The summed E-state index contributed by atoms with van der Waals surface area (Å²) in [4.78, 5) is 25.7. The van der Waals surface area contributed by atoms with Crippen molar-refractivity contribution >= 4 is 9.84 Å². The van der Waals surface area contributed by atoms with E-state index in [9.17, 15) is 18.0 Å². The van der Waals surface area contributed by atoms with Crippen molar-refractivity contribution in [3.8, 4) is 11.4 Å². The monoisotopic (exact) mass is 440 g/mol. The summed E-state index contributed by atoms with van der Waals surface area (Å²) in [5, 5.41) is 0. The van der Waals surface area contributed by atoms with E-state index in [1.165, 1.54) is 16.8 Å². The van der Waals surface area contributed by atoms with Crippen molar-refractivity contribution in [2.75, 3.05) is 5.75 Å². The highest BCUT2D eigenvalue weighted by Crippen LogP contribution is 2.26. The van der Waals surface area contributed by atoms with E-state index in [1.54, 1.807) is 42.5 Å². The zero-order chi connectivity index (χ0) is 21.8. The van der Waals surface area contributed by atoms with Gasteiger partial charge < -0.3 is 4.74 Å². The average Bonchev–Trinajstić information content (AvgIpc) is 3.26. The number of hydrogen-bond acceptors (Lipinski definition) is 5. The molecule has 1 saturated carbocycles. The molecule has 0 atom stereocenters. The summed E-state index contributed by atoms with van der Waals surface area (Å²) >= 11 is 0. The third kappa shape index (κ3) is 5.14. The molecule has 7 nitrogen and oxygen atoms in total. The maximum Gasteiger partial charge on any atom is 0.332 e. The molecule has 3 aromatic rings. The van der Waals surface area contributed by atoms with Crippen molar-refractivity contribution in [1.82, 2.24) is 9.55 Å². The number of nitrogens with one attached hydrogen (secondary N) is 1. The van der Waals surface area contributed by atoms with E-state index >= 15 is 0 Å². The first-order valence-electron chi connectivity index (χ1n) is 10.3. The quantitative estimate of drug-likeness (QED) is 0.609. The molecular weight excluding hydrogens is 416 g/mol. The van der Waals surface area contributed by atoms with Gasteiger partial charge in [-0.25, -0.2) is 13.2 Å². The molecule has 1 aromatic heterocycles. The molecule has 1 aliphatic carbocycles. The van der Waals surface area contributed by atoms with Crippen LogP contribution >= 0.6 is 0 Å². The molecule has 0 unspecified atom stereocenters. The van der Waals surface area contributed by atoms with E-state index in [4.69, 9.17) is 4.74 Å². The number of benzene rings is 2. The molecule has 2 aromatic carbocycles. The first-order valence-corrected chi connectivity index (χ1v) is 12.0. The summed E-state index contributed by atoms with van der Waals surface area (Å²) < 4.78 is 33.0. The van der Waals surface area contributed by atoms with Gasteiger partial charge in [-0.15, -0.1) is 0 Å². The second-order valence-corrected chi connectivity index (χ2v) is 9.83. The summed E-state index contributed by atoms with van der Waals surface area (Å²) in [6.07, 6.45) is 6.16. The molecule has 0 aliphatic heterocycles. The summed E-state index contributed by atoms with van der Waals surface area (Å²) in [7, 11) is -3.50. The Balaban J connectivity index is 1.48. The maximum atomic E-state index is 12.9. The van der Waals surface area contributed by atoms with Gasteiger partial charge in [0.1, 0.15) is 5.75 Å². The molecule has 0 radical (unpaired) electrons. The summed E-state index contributed by atoms with van der Waals surface area (Å²) in [6.45, 7) is 0. The van der Waals surface area contributed by atoms with Crippen LogP contribution in [-0.4, -0.2) is 29.8 Å².